The van der Waals surface area contributed by atoms with Crippen LogP contribution in [0.25, 0.3) is 0 Å². The van der Waals surface area contributed by atoms with E-state index >= 15 is 0 Å². The molecule has 0 saturated heterocycles. The summed E-state index contributed by atoms with van der Waals surface area (Å²) in [4.78, 5) is 33.3. The molecule has 0 spiro atoms. The van der Waals surface area contributed by atoms with Gasteiger partial charge in [0.2, 0.25) is 0 Å². The lowest BCUT2D eigenvalue weighted by Gasteiger charge is -2.13. The minimum Gasteiger partial charge on any atom is -0.481 e. The summed E-state index contributed by atoms with van der Waals surface area (Å²) in [6.07, 6.45) is -0.694. The zero-order chi connectivity index (χ0) is 14.6. The minimum atomic E-state index is -1.48. The monoisotopic (exact) mass is 285 g/mol. The maximum atomic E-state index is 11.9. The summed E-state index contributed by atoms with van der Waals surface area (Å²) in [5, 5.41) is 19.9. The molecule has 0 aliphatic heterocycles. The fraction of sp³-hybridized carbons (Fsp3) is 0.250. The molecule has 0 heterocycles. The standard InChI is InChI=1S/C12H12ClNO5/c1-6-7(3-2-4-8(6)13)11(17)14-9(12(18)19)5-10(15)16/h2-4,9H,5H2,1H3,(H,14,17)(H,15,16)(H,18,19). The SMILES string of the molecule is Cc1c(Cl)cccc1C(=O)NC(CC(=O)O)C(=O)O. The Kier molecular flexibility index (Phi) is 4.88. The molecule has 1 rings (SSSR count). The van der Waals surface area contributed by atoms with Gasteiger partial charge in [-0.25, -0.2) is 4.79 Å². The lowest BCUT2D eigenvalue weighted by Crippen LogP contribution is -2.42. The van der Waals surface area contributed by atoms with Crippen LogP contribution in [0.2, 0.25) is 5.02 Å². The third-order valence-corrected chi connectivity index (χ3v) is 2.90. The highest BCUT2D eigenvalue weighted by atomic mass is 35.5. The predicted molar refractivity (Wildman–Crippen MR) is 67.3 cm³/mol. The molecular formula is C12H12ClNO5. The van der Waals surface area contributed by atoms with Crippen molar-refractivity contribution in [2.75, 3.05) is 0 Å². The number of carbonyl (C=O) groups excluding carboxylic acids is 1. The first kappa shape index (κ1) is 15.0. The van der Waals surface area contributed by atoms with E-state index in [9.17, 15) is 14.4 Å². The Bertz CT molecular complexity index is 529. The zero-order valence-electron chi connectivity index (χ0n) is 10.0. The van der Waals surface area contributed by atoms with E-state index in [0.29, 0.717) is 10.6 Å². The first-order valence-electron chi connectivity index (χ1n) is 5.33. The van der Waals surface area contributed by atoms with Crippen molar-refractivity contribution in [1.29, 1.82) is 0 Å². The summed E-state index contributed by atoms with van der Waals surface area (Å²) in [6, 6.07) is 3.15. The van der Waals surface area contributed by atoms with Crippen LogP contribution >= 0.6 is 11.6 Å². The van der Waals surface area contributed by atoms with E-state index in [1.165, 1.54) is 6.07 Å². The number of halogens is 1. The van der Waals surface area contributed by atoms with Crippen LogP contribution in [0.4, 0.5) is 0 Å². The lowest BCUT2D eigenvalue weighted by molar-refractivity contribution is -0.145. The molecule has 1 aromatic rings. The quantitative estimate of drug-likeness (QED) is 0.756. The largest absolute Gasteiger partial charge is 0.481 e. The Morgan fingerprint density at radius 3 is 2.47 bits per heavy atom. The Balaban J connectivity index is 2.91. The fourth-order valence-corrected chi connectivity index (χ4v) is 1.64. The molecule has 7 heteroatoms. The smallest absolute Gasteiger partial charge is 0.326 e. The van der Waals surface area contributed by atoms with Gasteiger partial charge in [-0.3, -0.25) is 9.59 Å². The van der Waals surface area contributed by atoms with Gasteiger partial charge in [0.05, 0.1) is 6.42 Å². The van der Waals surface area contributed by atoms with E-state index in [1.807, 2.05) is 0 Å². The summed E-state index contributed by atoms with van der Waals surface area (Å²) < 4.78 is 0. The van der Waals surface area contributed by atoms with Gasteiger partial charge in [0.25, 0.3) is 5.91 Å². The number of amides is 1. The number of carbonyl (C=O) groups is 3. The van der Waals surface area contributed by atoms with Crippen LogP contribution < -0.4 is 5.32 Å². The predicted octanol–water partition coefficient (Wildman–Crippen LogP) is 1.31. The van der Waals surface area contributed by atoms with Crippen LogP contribution in [-0.4, -0.2) is 34.1 Å². The number of hydrogen-bond acceptors (Lipinski definition) is 3. The number of aliphatic carboxylic acids is 2. The minimum absolute atomic E-state index is 0.212. The third kappa shape index (κ3) is 3.96. The second kappa shape index (κ2) is 6.19. The maximum Gasteiger partial charge on any atom is 0.326 e. The van der Waals surface area contributed by atoms with E-state index in [0.717, 1.165) is 0 Å². The summed E-state index contributed by atoms with van der Waals surface area (Å²) in [7, 11) is 0. The van der Waals surface area contributed by atoms with Crippen LogP contribution in [0.5, 0.6) is 0 Å². The van der Waals surface area contributed by atoms with Crippen molar-refractivity contribution in [2.45, 2.75) is 19.4 Å². The molecule has 0 saturated carbocycles. The Morgan fingerprint density at radius 2 is 1.95 bits per heavy atom. The molecule has 0 aromatic heterocycles. The summed E-state index contributed by atoms with van der Waals surface area (Å²) in [6.45, 7) is 1.62. The second-order valence-corrected chi connectivity index (χ2v) is 4.28. The second-order valence-electron chi connectivity index (χ2n) is 3.87. The number of carboxylic acid groups (broad SMARTS) is 2. The van der Waals surface area contributed by atoms with Crippen molar-refractivity contribution in [3.05, 3.63) is 34.3 Å². The molecule has 0 aliphatic carbocycles. The maximum absolute atomic E-state index is 11.9. The number of benzene rings is 1. The Morgan fingerprint density at radius 1 is 1.32 bits per heavy atom. The normalized spacial score (nSPS) is 11.7. The van der Waals surface area contributed by atoms with Crippen molar-refractivity contribution < 1.29 is 24.6 Å². The van der Waals surface area contributed by atoms with E-state index in [2.05, 4.69) is 5.32 Å². The van der Waals surface area contributed by atoms with Crippen LogP contribution in [0.3, 0.4) is 0 Å². The molecule has 0 bridgehead atoms. The van der Waals surface area contributed by atoms with E-state index < -0.39 is 30.3 Å². The highest BCUT2D eigenvalue weighted by Crippen LogP contribution is 2.18. The average Bonchev–Trinajstić information content (AvgIpc) is 2.31. The first-order valence-corrected chi connectivity index (χ1v) is 5.71. The van der Waals surface area contributed by atoms with Gasteiger partial charge in [-0.05, 0) is 24.6 Å². The van der Waals surface area contributed by atoms with Gasteiger partial charge in [-0.15, -0.1) is 0 Å². The van der Waals surface area contributed by atoms with E-state index in [1.54, 1.807) is 19.1 Å². The van der Waals surface area contributed by atoms with Crippen molar-refractivity contribution in [1.82, 2.24) is 5.32 Å². The molecule has 19 heavy (non-hydrogen) atoms. The van der Waals surface area contributed by atoms with Gasteiger partial charge >= 0.3 is 11.9 Å². The molecule has 0 aliphatic rings. The molecule has 0 radical (unpaired) electrons. The molecular weight excluding hydrogens is 274 g/mol. The molecule has 3 N–H and O–H groups in total. The number of nitrogens with one attached hydrogen (secondary N) is 1. The van der Waals surface area contributed by atoms with Gasteiger partial charge < -0.3 is 15.5 Å². The number of hydrogen-bond donors (Lipinski definition) is 3. The summed E-state index contributed by atoms with van der Waals surface area (Å²) in [5.41, 5.74) is 0.713. The first-order chi connectivity index (χ1) is 8.82. The molecule has 1 aromatic carbocycles. The van der Waals surface area contributed by atoms with Gasteiger partial charge in [0.1, 0.15) is 6.04 Å². The van der Waals surface area contributed by atoms with Crippen LogP contribution in [0.15, 0.2) is 18.2 Å². The van der Waals surface area contributed by atoms with Crippen molar-refractivity contribution in [3.63, 3.8) is 0 Å². The Hall–Kier alpha value is -2.08. The fourth-order valence-electron chi connectivity index (χ4n) is 1.46. The molecule has 102 valence electrons. The summed E-state index contributed by atoms with van der Waals surface area (Å²) in [5.74, 6) is -3.39. The van der Waals surface area contributed by atoms with Gasteiger partial charge in [0.15, 0.2) is 0 Å². The number of carboxylic acids is 2. The van der Waals surface area contributed by atoms with Crippen LogP contribution in [0.1, 0.15) is 22.3 Å². The Labute approximate surface area is 114 Å². The highest BCUT2D eigenvalue weighted by molar-refractivity contribution is 6.31. The topological polar surface area (TPSA) is 104 Å². The molecule has 6 nitrogen and oxygen atoms in total. The van der Waals surface area contributed by atoms with E-state index in [-0.39, 0.29) is 5.56 Å². The van der Waals surface area contributed by atoms with Gasteiger partial charge in [-0.1, -0.05) is 17.7 Å². The average molecular weight is 286 g/mol. The molecule has 0 fully saturated rings. The third-order valence-electron chi connectivity index (χ3n) is 2.49. The molecule has 1 amide bonds. The number of rotatable bonds is 5. The van der Waals surface area contributed by atoms with Crippen molar-refractivity contribution in [3.8, 4) is 0 Å². The van der Waals surface area contributed by atoms with Crippen LogP contribution in [0, 0.1) is 6.92 Å². The van der Waals surface area contributed by atoms with Gasteiger partial charge in [-0.2, -0.15) is 0 Å². The van der Waals surface area contributed by atoms with Crippen molar-refractivity contribution >= 4 is 29.4 Å². The van der Waals surface area contributed by atoms with E-state index in [4.69, 9.17) is 21.8 Å². The summed E-state index contributed by atoms with van der Waals surface area (Å²) >= 11 is 5.85. The lowest BCUT2D eigenvalue weighted by atomic mass is 10.1. The highest BCUT2D eigenvalue weighted by Gasteiger charge is 2.24. The van der Waals surface area contributed by atoms with Crippen molar-refractivity contribution in [2.24, 2.45) is 0 Å². The molecule has 1 atom stereocenters. The molecule has 1 unspecified atom stereocenters. The zero-order valence-corrected chi connectivity index (χ0v) is 10.8. The van der Waals surface area contributed by atoms with Crippen LogP contribution in [-0.2, 0) is 9.59 Å². The van der Waals surface area contributed by atoms with Gasteiger partial charge in [0, 0.05) is 10.6 Å².